The normalized spacial score (nSPS) is 9.88. The Morgan fingerprint density at radius 2 is 1.94 bits per heavy atom. The second-order valence-corrected chi connectivity index (χ2v) is 3.26. The van der Waals surface area contributed by atoms with Gasteiger partial charge in [-0.25, -0.2) is 9.97 Å². The molecule has 0 aliphatic heterocycles. The molecule has 0 saturated heterocycles. The molecule has 0 atom stereocenters. The predicted molar refractivity (Wildman–Crippen MR) is 62.9 cm³/mol. The quantitative estimate of drug-likeness (QED) is 0.752. The Balaban J connectivity index is 2.45. The first-order valence-electron chi connectivity index (χ1n) is 5.26. The summed E-state index contributed by atoms with van der Waals surface area (Å²) in [5.41, 5.74) is 5.95. The largest absolute Gasteiger partial charge is 0.396 e. The van der Waals surface area contributed by atoms with Crippen molar-refractivity contribution >= 4 is 17.5 Å². The van der Waals surface area contributed by atoms with E-state index in [0.717, 1.165) is 0 Å². The number of carbonyl (C=O) groups excluding carboxylic acids is 1. The van der Waals surface area contributed by atoms with E-state index in [1.54, 1.807) is 4.90 Å². The van der Waals surface area contributed by atoms with Crippen molar-refractivity contribution in [2.45, 2.75) is 13.8 Å². The predicted octanol–water partition coefficient (Wildman–Crippen LogP) is 0.339. The van der Waals surface area contributed by atoms with Crippen LogP contribution in [0.25, 0.3) is 0 Å². The molecule has 0 unspecified atom stereocenters. The number of nitrogens with two attached hydrogens (primary N) is 1. The topological polar surface area (TPSA) is 84.1 Å². The second-order valence-electron chi connectivity index (χ2n) is 3.26. The molecule has 1 rings (SSSR count). The van der Waals surface area contributed by atoms with Crippen LogP contribution in [-0.4, -0.2) is 40.4 Å². The highest BCUT2D eigenvalue weighted by Gasteiger charge is 2.09. The molecule has 6 heteroatoms. The van der Waals surface area contributed by atoms with E-state index in [0.29, 0.717) is 24.7 Å². The number of carbonyl (C=O) groups is 1. The van der Waals surface area contributed by atoms with E-state index in [1.807, 2.05) is 13.8 Å². The van der Waals surface area contributed by atoms with Crippen molar-refractivity contribution in [3.63, 3.8) is 0 Å². The van der Waals surface area contributed by atoms with E-state index >= 15 is 0 Å². The van der Waals surface area contributed by atoms with E-state index in [-0.39, 0.29) is 12.5 Å². The molecule has 3 N–H and O–H groups in total. The zero-order valence-electron chi connectivity index (χ0n) is 9.60. The fraction of sp³-hybridized carbons (Fsp3) is 0.500. The Hall–Kier alpha value is -1.85. The summed E-state index contributed by atoms with van der Waals surface area (Å²) in [6.45, 7) is 5.51. The van der Waals surface area contributed by atoms with Crippen LogP contribution in [0.3, 0.4) is 0 Å². The van der Waals surface area contributed by atoms with Crippen LogP contribution in [0.2, 0.25) is 0 Å². The molecule has 6 nitrogen and oxygen atoms in total. The molecule has 16 heavy (non-hydrogen) atoms. The molecule has 1 amide bonds. The van der Waals surface area contributed by atoms with Crippen molar-refractivity contribution < 1.29 is 4.79 Å². The molecule has 0 aromatic carbocycles. The molecule has 0 aliphatic carbocycles. The van der Waals surface area contributed by atoms with Crippen LogP contribution >= 0.6 is 0 Å². The Bertz CT molecular complexity index is 334. The van der Waals surface area contributed by atoms with Crippen molar-refractivity contribution in [3.8, 4) is 0 Å². The van der Waals surface area contributed by atoms with Crippen LogP contribution < -0.4 is 11.1 Å². The summed E-state index contributed by atoms with van der Waals surface area (Å²) < 4.78 is 0. The molecular formula is C10H17N5O. The zero-order chi connectivity index (χ0) is 12.0. The van der Waals surface area contributed by atoms with Gasteiger partial charge in [-0.15, -0.1) is 0 Å². The van der Waals surface area contributed by atoms with Gasteiger partial charge in [-0.1, -0.05) is 0 Å². The number of nitrogen functional groups attached to an aromatic ring is 1. The molecule has 0 aliphatic rings. The molecule has 1 heterocycles. The number of aromatic nitrogens is 2. The molecule has 0 fully saturated rings. The van der Waals surface area contributed by atoms with Gasteiger partial charge in [0, 0.05) is 13.1 Å². The minimum Gasteiger partial charge on any atom is -0.396 e. The lowest BCUT2D eigenvalue weighted by molar-refractivity contribution is -0.128. The van der Waals surface area contributed by atoms with Crippen LogP contribution in [0.1, 0.15) is 13.8 Å². The lowest BCUT2D eigenvalue weighted by atomic mass is 10.4. The van der Waals surface area contributed by atoms with Crippen LogP contribution in [0.15, 0.2) is 12.4 Å². The van der Waals surface area contributed by atoms with Gasteiger partial charge in [0.1, 0.15) is 0 Å². The van der Waals surface area contributed by atoms with Crippen LogP contribution in [-0.2, 0) is 4.79 Å². The zero-order valence-corrected chi connectivity index (χ0v) is 9.60. The van der Waals surface area contributed by atoms with Gasteiger partial charge in [-0.2, -0.15) is 0 Å². The number of rotatable bonds is 5. The van der Waals surface area contributed by atoms with Crippen molar-refractivity contribution in [1.82, 2.24) is 14.9 Å². The van der Waals surface area contributed by atoms with Crippen molar-refractivity contribution in [1.29, 1.82) is 0 Å². The summed E-state index contributed by atoms with van der Waals surface area (Å²) >= 11 is 0. The number of hydrogen-bond donors (Lipinski definition) is 2. The number of anilines is 2. The Labute approximate surface area is 94.9 Å². The molecule has 1 aromatic heterocycles. The standard InChI is InChI=1S/C10H17N5O/c1-3-15(4-2)9(16)7-14-10-12-5-8(11)6-13-10/h5-6H,3-4,7,11H2,1-2H3,(H,12,13,14). The van der Waals surface area contributed by atoms with Crippen LogP contribution in [0.4, 0.5) is 11.6 Å². The molecule has 0 radical (unpaired) electrons. The smallest absolute Gasteiger partial charge is 0.241 e. The summed E-state index contributed by atoms with van der Waals surface area (Å²) in [7, 11) is 0. The number of likely N-dealkylation sites (N-methyl/N-ethyl adjacent to an activating group) is 1. The van der Waals surface area contributed by atoms with Crippen molar-refractivity contribution in [3.05, 3.63) is 12.4 Å². The first-order chi connectivity index (χ1) is 7.67. The fourth-order valence-corrected chi connectivity index (χ4v) is 1.27. The number of hydrogen-bond acceptors (Lipinski definition) is 5. The minimum absolute atomic E-state index is 0.0328. The third kappa shape index (κ3) is 3.38. The average molecular weight is 223 g/mol. The number of amides is 1. The Morgan fingerprint density at radius 1 is 1.38 bits per heavy atom. The van der Waals surface area contributed by atoms with Gasteiger partial charge in [0.25, 0.3) is 0 Å². The summed E-state index contributed by atoms with van der Waals surface area (Å²) in [6, 6.07) is 0. The lowest BCUT2D eigenvalue weighted by Gasteiger charge is -2.18. The highest BCUT2D eigenvalue weighted by Crippen LogP contribution is 2.00. The van der Waals surface area contributed by atoms with Gasteiger partial charge in [0.05, 0.1) is 24.6 Å². The summed E-state index contributed by atoms with van der Waals surface area (Å²) in [5.74, 6) is 0.445. The van der Waals surface area contributed by atoms with Gasteiger partial charge < -0.3 is 16.0 Å². The van der Waals surface area contributed by atoms with Crippen molar-refractivity contribution in [2.24, 2.45) is 0 Å². The lowest BCUT2D eigenvalue weighted by Crippen LogP contribution is -2.35. The monoisotopic (exact) mass is 223 g/mol. The first kappa shape index (κ1) is 12.2. The highest BCUT2D eigenvalue weighted by atomic mass is 16.2. The van der Waals surface area contributed by atoms with Crippen LogP contribution in [0, 0.1) is 0 Å². The van der Waals surface area contributed by atoms with Gasteiger partial charge >= 0.3 is 0 Å². The third-order valence-electron chi connectivity index (χ3n) is 2.19. The molecule has 0 saturated carbocycles. The van der Waals surface area contributed by atoms with Gasteiger partial charge in [-0.05, 0) is 13.8 Å². The maximum absolute atomic E-state index is 11.6. The minimum atomic E-state index is 0.0328. The summed E-state index contributed by atoms with van der Waals surface area (Å²) in [5, 5.41) is 2.85. The molecule has 88 valence electrons. The van der Waals surface area contributed by atoms with Crippen molar-refractivity contribution in [2.75, 3.05) is 30.7 Å². The molecule has 0 spiro atoms. The fourth-order valence-electron chi connectivity index (χ4n) is 1.27. The van der Waals surface area contributed by atoms with E-state index in [4.69, 9.17) is 5.73 Å². The Kier molecular flexibility index (Phi) is 4.50. The molecule has 0 bridgehead atoms. The van der Waals surface area contributed by atoms with Gasteiger partial charge in [-0.3, -0.25) is 4.79 Å². The van der Waals surface area contributed by atoms with Gasteiger partial charge in [0.15, 0.2) is 0 Å². The van der Waals surface area contributed by atoms with Gasteiger partial charge in [0.2, 0.25) is 11.9 Å². The maximum atomic E-state index is 11.6. The third-order valence-corrected chi connectivity index (χ3v) is 2.19. The van der Waals surface area contributed by atoms with E-state index in [9.17, 15) is 4.79 Å². The first-order valence-corrected chi connectivity index (χ1v) is 5.26. The maximum Gasteiger partial charge on any atom is 0.241 e. The van der Waals surface area contributed by atoms with Crippen LogP contribution in [0.5, 0.6) is 0 Å². The molecule has 1 aromatic rings. The number of nitrogens with one attached hydrogen (secondary N) is 1. The second kappa shape index (κ2) is 5.89. The number of nitrogens with zero attached hydrogens (tertiary/aromatic N) is 3. The highest BCUT2D eigenvalue weighted by molar-refractivity contribution is 5.80. The SMILES string of the molecule is CCN(CC)C(=O)CNc1ncc(N)cn1. The van der Waals surface area contributed by atoms with E-state index in [2.05, 4.69) is 15.3 Å². The summed E-state index contributed by atoms with van der Waals surface area (Å²) in [4.78, 5) is 21.3. The molecular weight excluding hydrogens is 206 g/mol. The van der Waals surface area contributed by atoms with E-state index < -0.39 is 0 Å². The summed E-state index contributed by atoms with van der Waals surface area (Å²) in [6.07, 6.45) is 2.99. The van der Waals surface area contributed by atoms with E-state index in [1.165, 1.54) is 12.4 Å². The Morgan fingerprint density at radius 3 is 2.44 bits per heavy atom. The average Bonchev–Trinajstić information content (AvgIpc) is 2.30.